The van der Waals surface area contributed by atoms with E-state index in [4.69, 9.17) is 4.74 Å². The molecular weight excluding hydrogens is 253 g/mol. The molecule has 2 aliphatic carbocycles. The van der Waals surface area contributed by atoms with Gasteiger partial charge in [0.2, 0.25) is 0 Å². The molecule has 1 spiro atoms. The maximum atomic E-state index is 14.1. The monoisotopic (exact) mass is 277 g/mol. The summed E-state index contributed by atoms with van der Waals surface area (Å²) in [5, 5.41) is 3.58. The van der Waals surface area contributed by atoms with Crippen molar-refractivity contribution in [1.82, 2.24) is 5.32 Å². The number of benzene rings is 1. The molecule has 0 amide bonds. The number of rotatable bonds is 4. The maximum absolute atomic E-state index is 14.1. The third-order valence-corrected chi connectivity index (χ3v) is 5.20. The highest BCUT2D eigenvalue weighted by Gasteiger charge is 2.57. The molecule has 3 heteroatoms. The Morgan fingerprint density at radius 1 is 1.35 bits per heavy atom. The average molecular weight is 277 g/mol. The number of hydrogen-bond acceptors (Lipinski definition) is 2. The molecule has 2 fully saturated rings. The largest absolute Gasteiger partial charge is 0.487 e. The van der Waals surface area contributed by atoms with Gasteiger partial charge in [-0.2, -0.15) is 0 Å². The van der Waals surface area contributed by atoms with Crippen LogP contribution in [0.2, 0.25) is 0 Å². The van der Waals surface area contributed by atoms with E-state index in [0.29, 0.717) is 17.4 Å². The first-order valence-corrected chi connectivity index (χ1v) is 7.82. The second-order valence-electron chi connectivity index (χ2n) is 6.28. The van der Waals surface area contributed by atoms with E-state index in [9.17, 15) is 4.39 Å². The van der Waals surface area contributed by atoms with E-state index in [1.807, 2.05) is 6.07 Å². The molecule has 2 unspecified atom stereocenters. The molecule has 0 aliphatic heterocycles. The van der Waals surface area contributed by atoms with Gasteiger partial charge in [-0.15, -0.1) is 0 Å². The van der Waals surface area contributed by atoms with Gasteiger partial charge in [0.1, 0.15) is 6.10 Å². The molecule has 1 N–H and O–H groups in total. The molecule has 2 nitrogen and oxygen atoms in total. The van der Waals surface area contributed by atoms with Crippen LogP contribution in [0.1, 0.15) is 44.6 Å². The Kier molecular flexibility index (Phi) is 3.72. The van der Waals surface area contributed by atoms with Crippen molar-refractivity contribution in [3.8, 4) is 5.75 Å². The van der Waals surface area contributed by atoms with E-state index >= 15 is 0 Å². The third kappa shape index (κ3) is 2.12. The van der Waals surface area contributed by atoms with Gasteiger partial charge in [0, 0.05) is 17.9 Å². The summed E-state index contributed by atoms with van der Waals surface area (Å²) in [6.45, 7) is 4.94. The standard InChI is InChI=1S/C17H24FNO/c1-3-19-14-11-15(17(14)9-4-5-10-17)20-13-8-6-7-12(2)16(13)18/h6-8,14-15,19H,3-5,9-11H2,1-2H3. The number of ether oxygens (including phenoxy) is 1. The third-order valence-electron chi connectivity index (χ3n) is 5.20. The topological polar surface area (TPSA) is 21.3 Å². The minimum absolute atomic E-state index is 0.172. The Bertz CT molecular complexity index is 482. The van der Waals surface area contributed by atoms with Crippen molar-refractivity contribution in [1.29, 1.82) is 0 Å². The van der Waals surface area contributed by atoms with Crippen molar-refractivity contribution >= 4 is 0 Å². The fraction of sp³-hybridized carbons (Fsp3) is 0.647. The minimum atomic E-state index is -0.201. The van der Waals surface area contributed by atoms with Crippen LogP contribution < -0.4 is 10.1 Å². The molecule has 3 rings (SSSR count). The Balaban J connectivity index is 1.76. The van der Waals surface area contributed by atoms with Crippen LogP contribution in [0.15, 0.2) is 18.2 Å². The van der Waals surface area contributed by atoms with Crippen molar-refractivity contribution in [2.45, 2.75) is 58.1 Å². The van der Waals surface area contributed by atoms with Gasteiger partial charge in [0.25, 0.3) is 0 Å². The molecule has 2 aliphatic rings. The highest BCUT2D eigenvalue weighted by atomic mass is 19.1. The van der Waals surface area contributed by atoms with Crippen LogP contribution >= 0.6 is 0 Å². The molecule has 0 saturated heterocycles. The molecule has 110 valence electrons. The molecule has 2 atom stereocenters. The maximum Gasteiger partial charge on any atom is 0.167 e. The van der Waals surface area contributed by atoms with Crippen LogP contribution in [0.4, 0.5) is 4.39 Å². The average Bonchev–Trinajstić information content (AvgIpc) is 2.95. The molecule has 20 heavy (non-hydrogen) atoms. The van der Waals surface area contributed by atoms with Gasteiger partial charge in [-0.1, -0.05) is 31.9 Å². The Morgan fingerprint density at radius 2 is 2.10 bits per heavy atom. The van der Waals surface area contributed by atoms with Crippen molar-refractivity contribution in [2.24, 2.45) is 5.41 Å². The van der Waals surface area contributed by atoms with E-state index in [-0.39, 0.29) is 17.3 Å². The molecule has 0 heterocycles. The predicted molar refractivity (Wildman–Crippen MR) is 78.5 cm³/mol. The molecule has 0 radical (unpaired) electrons. The Hall–Kier alpha value is -1.09. The highest BCUT2D eigenvalue weighted by Crippen LogP contribution is 2.54. The van der Waals surface area contributed by atoms with Crippen molar-refractivity contribution in [3.05, 3.63) is 29.6 Å². The van der Waals surface area contributed by atoms with E-state index in [0.717, 1.165) is 13.0 Å². The molecule has 2 saturated carbocycles. The van der Waals surface area contributed by atoms with Crippen LogP contribution in [0, 0.1) is 18.2 Å². The van der Waals surface area contributed by atoms with Crippen LogP contribution in [-0.2, 0) is 0 Å². The van der Waals surface area contributed by atoms with E-state index in [1.165, 1.54) is 25.7 Å². The highest BCUT2D eigenvalue weighted by molar-refractivity contribution is 5.31. The summed E-state index contributed by atoms with van der Waals surface area (Å²) in [6, 6.07) is 5.96. The first kappa shape index (κ1) is 13.9. The smallest absolute Gasteiger partial charge is 0.167 e. The first-order valence-electron chi connectivity index (χ1n) is 7.82. The fourth-order valence-electron chi connectivity index (χ4n) is 4.01. The van der Waals surface area contributed by atoms with Gasteiger partial charge in [0.15, 0.2) is 11.6 Å². The number of halogens is 1. The number of nitrogens with one attached hydrogen (secondary N) is 1. The van der Waals surface area contributed by atoms with Crippen molar-refractivity contribution in [3.63, 3.8) is 0 Å². The zero-order valence-electron chi connectivity index (χ0n) is 12.4. The summed E-state index contributed by atoms with van der Waals surface area (Å²) in [5.74, 6) is 0.226. The number of aryl methyl sites for hydroxylation is 1. The summed E-state index contributed by atoms with van der Waals surface area (Å²) in [4.78, 5) is 0. The van der Waals surface area contributed by atoms with Gasteiger partial charge in [-0.05, 0) is 37.9 Å². The molecule has 0 aromatic heterocycles. The van der Waals surface area contributed by atoms with E-state index < -0.39 is 0 Å². The second-order valence-corrected chi connectivity index (χ2v) is 6.28. The van der Waals surface area contributed by atoms with Gasteiger partial charge < -0.3 is 10.1 Å². The van der Waals surface area contributed by atoms with E-state index in [1.54, 1.807) is 19.1 Å². The lowest BCUT2D eigenvalue weighted by Gasteiger charge is -2.54. The lowest BCUT2D eigenvalue weighted by atomic mass is 9.60. The van der Waals surface area contributed by atoms with E-state index in [2.05, 4.69) is 12.2 Å². The Labute approximate surface area is 120 Å². The summed E-state index contributed by atoms with van der Waals surface area (Å²) < 4.78 is 20.2. The molecule has 1 aromatic carbocycles. The second kappa shape index (κ2) is 5.36. The van der Waals surface area contributed by atoms with Crippen LogP contribution in [0.25, 0.3) is 0 Å². The van der Waals surface area contributed by atoms with Crippen LogP contribution in [0.3, 0.4) is 0 Å². The fourth-order valence-corrected chi connectivity index (χ4v) is 4.01. The van der Waals surface area contributed by atoms with Gasteiger partial charge >= 0.3 is 0 Å². The summed E-state index contributed by atoms with van der Waals surface area (Å²) in [7, 11) is 0. The van der Waals surface area contributed by atoms with Gasteiger partial charge in [0.05, 0.1) is 0 Å². The summed E-state index contributed by atoms with van der Waals surface area (Å²) >= 11 is 0. The lowest BCUT2D eigenvalue weighted by Crippen LogP contribution is -2.63. The first-order chi connectivity index (χ1) is 9.67. The summed E-state index contributed by atoms with van der Waals surface area (Å²) in [5.41, 5.74) is 0.900. The zero-order valence-corrected chi connectivity index (χ0v) is 12.4. The van der Waals surface area contributed by atoms with Gasteiger partial charge in [-0.25, -0.2) is 4.39 Å². The minimum Gasteiger partial charge on any atom is -0.487 e. The molecule has 1 aromatic rings. The quantitative estimate of drug-likeness (QED) is 0.903. The van der Waals surface area contributed by atoms with Crippen LogP contribution in [-0.4, -0.2) is 18.7 Å². The van der Waals surface area contributed by atoms with Gasteiger partial charge in [-0.3, -0.25) is 0 Å². The van der Waals surface area contributed by atoms with Crippen molar-refractivity contribution < 1.29 is 9.13 Å². The SMILES string of the molecule is CCNC1CC(Oc2cccc(C)c2F)C12CCCC2. The zero-order chi connectivity index (χ0) is 14.2. The normalized spacial score (nSPS) is 27.6. The summed E-state index contributed by atoms with van der Waals surface area (Å²) in [6.07, 6.45) is 6.15. The molecular formula is C17H24FNO. The number of hydrogen-bond donors (Lipinski definition) is 1. The molecule has 0 bridgehead atoms. The van der Waals surface area contributed by atoms with Crippen LogP contribution in [0.5, 0.6) is 5.75 Å². The Morgan fingerprint density at radius 3 is 2.80 bits per heavy atom. The van der Waals surface area contributed by atoms with Crippen molar-refractivity contribution in [2.75, 3.05) is 6.54 Å². The lowest BCUT2D eigenvalue weighted by molar-refractivity contribution is -0.0770. The predicted octanol–water partition coefficient (Wildman–Crippen LogP) is 3.82.